The van der Waals surface area contributed by atoms with Crippen molar-refractivity contribution in [3.8, 4) is 0 Å². The highest BCUT2D eigenvalue weighted by Gasteiger charge is 2.35. The van der Waals surface area contributed by atoms with E-state index < -0.39 is 33.6 Å². The second-order valence-corrected chi connectivity index (χ2v) is 15.9. The zero-order valence-electron chi connectivity index (χ0n) is 30.7. The Morgan fingerprint density at radius 1 is 0.927 bits per heavy atom. The van der Waals surface area contributed by atoms with E-state index >= 15 is 0 Å². The molecule has 3 heterocycles. The molecule has 0 aliphatic carbocycles. The Morgan fingerprint density at radius 2 is 1.62 bits per heavy atom. The number of alkyl halides is 3. The summed E-state index contributed by atoms with van der Waals surface area (Å²) in [5.74, 6) is -0.957. The molecule has 4 N–H and O–H groups in total. The van der Waals surface area contributed by atoms with Gasteiger partial charge in [-0.3, -0.25) is 24.1 Å². The number of hydrogen-bond acceptors (Lipinski definition) is 11. The van der Waals surface area contributed by atoms with Crippen LogP contribution in [0, 0.1) is 0 Å². The summed E-state index contributed by atoms with van der Waals surface area (Å²) < 4.78 is 66.6. The topological polar surface area (TPSA) is 152 Å². The molecule has 13 nitrogen and oxygen atoms in total. The Balaban J connectivity index is 1.01. The number of aromatic nitrogens is 2. The minimum Gasteiger partial charge on any atom is -0.374 e. The second kappa shape index (κ2) is 16.5. The van der Waals surface area contributed by atoms with Gasteiger partial charge in [-0.1, -0.05) is 24.3 Å². The summed E-state index contributed by atoms with van der Waals surface area (Å²) in [6, 6.07) is 22.1. The van der Waals surface area contributed by atoms with E-state index in [0.717, 1.165) is 66.2 Å². The quantitative estimate of drug-likeness (QED) is 0.126. The number of nitrogens with zero attached hydrogens (tertiary/aromatic N) is 5. The van der Waals surface area contributed by atoms with Crippen molar-refractivity contribution < 1.29 is 31.2 Å². The Hall–Kier alpha value is -5.42. The van der Waals surface area contributed by atoms with Crippen molar-refractivity contribution in [1.82, 2.24) is 20.2 Å². The van der Waals surface area contributed by atoms with Crippen LogP contribution in [0.1, 0.15) is 42.4 Å². The highest BCUT2D eigenvalue weighted by Crippen LogP contribution is 2.35. The fourth-order valence-electron chi connectivity index (χ4n) is 6.63. The maximum Gasteiger partial charge on any atom is 0.421 e. The normalized spacial score (nSPS) is 16.9. The summed E-state index contributed by atoms with van der Waals surface area (Å²) >= 11 is 0. The minimum atomic E-state index is -4.70. The van der Waals surface area contributed by atoms with Crippen LogP contribution >= 0.6 is 0 Å². The molecule has 1 aromatic heterocycles. The summed E-state index contributed by atoms with van der Waals surface area (Å²) in [7, 11) is 0.00878. The molecule has 0 radical (unpaired) electrons. The molecular weight excluding hydrogens is 736 g/mol. The maximum absolute atomic E-state index is 13.9. The van der Waals surface area contributed by atoms with Gasteiger partial charge in [0, 0.05) is 68.9 Å². The number of halogens is 3. The Bertz CT molecular complexity index is 2090. The first-order valence-corrected chi connectivity index (χ1v) is 19.7. The average molecular weight is 780 g/mol. The molecule has 2 amide bonds. The minimum absolute atomic E-state index is 0.0159. The fraction of sp³-hybridized carbons (Fsp3) is 0.368. The van der Waals surface area contributed by atoms with Gasteiger partial charge in [0.2, 0.25) is 27.8 Å². The lowest BCUT2D eigenvalue weighted by Gasteiger charge is -2.38. The number of carbonyl (C=O) groups excluding carboxylic acids is 2. The van der Waals surface area contributed by atoms with Crippen LogP contribution < -0.4 is 30.5 Å². The van der Waals surface area contributed by atoms with Gasteiger partial charge < -0.3 is 20.9 Å². The van der Waals surface area contributed by atoms with Crippen LogP contribution in [-0.2, 0) is 38.9 Å². The molecule has 0 spiro atoms. The molecule has 2 saturated heterocycles. The standard InChI is InChI=1S/C38H44F3N9O4S/c1-48(24-25-7-9-27(10-8-25)44-33-15-16-34(51)46-36(33)52)29-17-19-50(20-18-29)30-13-11-28(12-14-30)45-37-43-23-32(38(39,40)41)35(47-37)42-22-26-5-4-6-31(21-26)49(2)55(3,53)54/h4-14,21,23,29,33,44H,15-20,22,24H2,1-3H3,(H,46,51,52)(H2,42,43,45,47). The van der Waals surface area contributed by atoms with E-state index in [4.69, 9.17) is 0 Å². The average Bonchev–Trinajstić information content (AvgIpc) is 3.15. The molecule has 6 rings (SSSR count). The summed E-state index contributed by atoms with van der Waals surface area (Å²) in [6.07, 6.45) is -0.159. The van der Waals surface area contributed by atoms with E-state index in [2.05, 4.69) is 48.1 Å². The van der Waals surface area contributed by atoms with Crippen LogP contribution in [0.25, 0.3) is 0 Å². The number of amides is 2. The van der Waals surface area contributed by atoms with Crippen molar-refractivity contribution in [3.63, 3.8) is 0 Å². The number of nitrogens with one attached hydrogen (secondary N) is 4. The van der Waals surface area contributed by atoms with E-state index in [0.29, 0.717) is 35.8 Å². The Kier molecular flexibility index (Phi) is 11.8. The maximum atomic E-state index is 13.9. The van der Waals surface area contributed by atoms with Crippen LogP contribution in [0.4, 0.5) is 47.7 Å². The molecule has 2 aliphatic rings. The lowest BCUT2D eigenvalue weighted by molar-refractivity contribution is -0.137. The number of hydrogen-bond donors (Lipinski definition) is 4. The SMILES string of the molecule is CN(Cc1ccc(NC2CCC(=O)NC2=O)cc1)C1CCN(c2ccc(Nc3ncc(C(F)(F)F)c(NCc4cccc(N(C)S(C)(=O)=O)c4)n3)cc2)CC1. The largest absolute Gasteiger partial charge is 0.421 e. The van der Waals surface area contributed by atoms with Gasteiger partial charge in [0.25, 0.3) is 0 Å². The molecule has 4 aromatic rings. The van der Waals surface area contributed by atoms with Gasteiger partial charge in [-0.05, 0) is 86.0 Å². The number of imide groups is 1. The van der Waals surface area contributed by atoms with Crippen molar-refractivity contribution in [1.29, 1.82) is 0 Å². The van der Waals surface area contributed by atoms with E-state index in [-0.39, 0.29) is 24.3 Å². The van der Waals surface area contributed by atoms with Gasteiger partial charge >= 0.3 is 6.18 Å². The summed E-state index contributed by atoms with van der Waals surface area (Å²) in [5.41, 5.74) is 3.56. The number of piperidine rings is 2. The zero-order chi connectivity index (χ0) is 39.3. The summed E-state index contributed by atoms with van der Waals surface area (Å²) in [5, 5.41) is 11.3. The molecule has 2 fully saturated rings. The van der Waals surface area contributed by atoms with Crippen LogP contribution in [0.15, 0.2) is 79.0 Å². The van der Waals surface area contributed by atoms with Crippen LogP contribution in [0.3, 0.4) is 0 Å². The predicted octanol–water partition coefficient (Wildman–Crippen LogP) is 5.56. The van der Waals surface area contributed by atoms with E-state index in [1.54, 1.807) is 24.3 Å². The van der Waals surface area contributed by atoms with E-state index in [1.807, 2.05) is 48.5 Å². The summed E-state index contributed by atoms with van der Waals surface area (Å²) in [4.78, 5) is 36.2. The van der Waals surface area contributed by atoms with Crippen LogP contribution in [0.2, 0.25) is 0 Å². The fourth-order valence-corrected chi connectivity index (χ4v) is 7.13. The Morgan fingerprint density at radius 3 is 2.27 bits per heavy atom. The first-order chi connectivity index (χ1) is 26.1. The van der Waals surface area contributed by atoms with E-state index in [1.165, 1.54) is 7.05 Å². The Labute approximate surface area is 318 Å². The third-order valence-electron chi connectivity index (χ3n) is 9.87. The van der Waals surface area contributed by atoms with Crippen molar-refractivity contribution in [2.45, 2.75) is 57.0 Å². The van der Waals surface area contributed by atoms with Gasteiger partial charge in [-0.25, -0.2) is 13.4 Å². The van der Waals surface area contributed by atoms with Gasteiger partial charge in [-0.15, -0.1) is 0 Å². The molecular formula is C38H44F3N9O4S. The number of sulfonamides is 1. The summed E-state index contributed by atoms with van der Waals surface area (Å²) in [6.45, 7) is 2.47. The molecule has 292 valence electrons. The lowest BCUT2D eigenvalue weighted by Crippen LogP contribution is -2.47. The third-order valence-corrected chi connectivity index (χ3v) is 11.1. The number of anilines is 6. The number of benzene rings is 3. The zero-order valence-corrected chi connectivity index (χ0v) is 31.5. The first-order valence-electron chi connectivity index (χ1n) is 17.8. The molecule has 3 aromatic carbocycles. The number of rotatable bonds is 13. The van der Waals surface area contributed by atoms with Crippen molar-refractivity contribution in [2.75, 3.05) is 58.6 Å². The lowest BCUT2D eigenvalue weighted by atomic mass is 10.0. The van der Waals surface area contributed by atoms with Crippen molar-refractivity contribution in [3.05, 3.63) is 95.7 Å². The molecule has 0 saturated carbocycles. The first kappa shape index (κ1) is 39.3. The van der Waals surface area contributed by atoms with Gasteiger partial charge in [0.05, 0.1) is 11.9 Å². The van der Waals surface area contributed by atoms with Crippen LogP contribution in [0.5, 0.6) is 0 Å². The number of carbonyl (C=O) groups is 2. The van der Waals surface area contributed by atoms with Gasteiger partial charge in [0.15, 0.2) is 0 Å². The van der Waals surface area contributed by atoms with Crippen molar-refractivity contribution in [2.24, 2.45) is 0 Å². The highest BCUT2D eigenvalue weighted by molar-refractivity contribution is 7.92. The molecule has 17 heteroatoms. The van der Waals surface area contributed by atoms with E-state index in [9.17, 15) is 31.2 Å². The molecule has 2 aliphatic heterocycles. The molecule has 1 atom stereocenters. The molecule has 0 bridgehead atoms. The second-order valence-electron chi connectivity index (χ2n) is 13.9. The molecule has 55 heavy (non-hydrogen) atoms. The third kappa shape index (κ3) is 10.2. The monoisotopic (exact) mass is 779 g/mol. The van der Waals surface area contributed by atoms with Crippen LogP contribution in [-0.4, -0.2) is 80.6 Å². The smallest absolute Gasteiger partial charge is 0.374 e. The predicted molar refractivity (Wildman–Crippen MR) is 207 cm³/mol. The molecule has 1 unspecified atom stereocenters. The van der Waals surface area contributed by atoms with Gasteiger partial charge in [-0.2, -0.15) is 18.2 Å². The van der Waals surface area contributed by atoms with Gasteiger partial charge in [0.1, 0.15) is 17.4 Å². The van der Waals surface area contributed by atoms with Crippen molar-refractivity contribution >= 4 is 56.4 Å². The highest BCUT2D eigenvalue weighted by atomic mass is 32.2.